The highest BCUT2D eigenvalue weighted by molar-refractivity contribution is 5.93. The molecule has 1 aromatic heterocycles. The van der Waals surface area contributed by atoms with E-state index in [1.54, 1.807) is 74.6 Å². The molecule has 3 aliphatic heterocycles. The van der Waals surface area contributed by atoms with Gasteiger partial charge in [0.25, 0.3) is 5.91 Å². The largest absolute Gasteiger partial charge is 0.459 e. The number of hydrogen-bond acceptors (Lipinski definition) is 16. The fraction of sp³-hybridized carbons (Fsp3) is 0.755. The Morgan fingerprint density at radius 3 is 2.15 bits per heavy atom. The number of nitrogens with zero attached hydrogens (tertiary/aromatic N) is 2. The minimum absolute atomic E-state index is 0.0242. The van der Waals surface area contributed by atoms with Crippen LogP contribution >= 0.6 is 0 Å². The van der Waals surface area contributed by atoms with Gasteiger partial charge < -0.3 is 68.6 Å². The fourth-order valence-electron chi connectivity index (χ4n) is 11.1. The number of Topliss-reactive ketones (excluding diaryl/α,β-unsaturated/α-hetero) is 1. The Bertz CT molecular complexity index is 2040. The highest BCUT2D eigenvalue weighted by atomic mass is 16.7. The number of likely N-dealkylation sites (N-methyl/N-ethyl adjacent to an activating group) is 1. The van der Waals surface area contributed by atoms with Gasteiger partial charge in [-0.1, -0.05) is 58.0 Å². The zero-order chi connectivity index (χ0) is 52.9. The van der Waals surface area contributed by atoms with Crippen LogP contribution in [-0.2, 0) is 49.3 Å². The van der Waals surface area contributed by atoms with Crippen LogP contribution in [-0.4, -0.2) is 177 Å². The lowest BCUT2D eigenvalue weighted by atomic mass is 9.74. The Hall–Kier alpha value is -3.37. The average Bonchev–Trinajstić information content (AvgIpc) is 3.80. The summed E-state index contributed by atoms with van der Waals surface area (Å²) in [7, 11) is 4.76. The molecular formula is C53H85N3O15. The zero-order valence-corrected chi connectivity index (χ0v) is 44.4. The summed E-state index contributed by atoms with van der Waals surface area (Å²) in [5.41, 5.74) is -3.06. The smallest absolute Gasteiger partial charge is 0.311 e. The number of carbonyl (C=O) groups excluding carboxylic acids is 3. The summed E-state index contributed by atoms with van der Waals surface area (Å²) in [6.45, 7) is 19.0. The van der Waals surface area contributed by atoms with E-state index >= 15 is 0 Å². The number of methoxy groups -OCH3 is 2. The van der Waals surface area contributed by atoms with Crippen molar-refractivity contribution in [1.82, 2.24) is 14.8 Å². The van der Waals surface area contributed by atoms with Crippen molar-refractivity contribution in [2.24, 2.45) is 23.7 Å². The second-order valence-corrected chi connectivity index (χ2v) is 21.4. The molecule has 0 aliphatic carbocycles. The minimum Gasteiger partial charge on any atom is -0.459 e. The van der Waals surface area contributed by atoms with Crippen molar-refractivity contribution in [2.75, 3.05) is 27.8 Å². The van der Waals surface area contributed by atoms with Crippen LogP contribution in [0.1, 0.15) is 118 Å². The van der Waals surface area contributed by atoms with E-state index in [9.17, 15) is 39.9 Å². The maximum Gasteiger partial charge on any atom is 0.311 e. The van der Waals surface area contributed by atoms with Crippen molar-refractivity contribution in [3.8, 4) is 0 Å². The van der Waals surface area contributed by atoms with E-state index in [1.165, 1.54) is 28.1 Å². The maximum absolute atomic E-state index is 14.5. The first-order valence-corrected chi connectivity index (χ1v) is 25.3. The number of ether oxygens (including phenoxy) is 7. The summed E-state index contributed by atoms with van der Waals surface area (Å²) in [6, 6.07) is 11.9. The number of benzene rings is 1. The summed E-state index contributed by atoms with van der Waals surface area (Å²) in [6.07, 6.45) is -9.54. The van der Waals surface area contributed by atoms with Gasteiger partial charge in [-0.2, -0.15) is 0 Å². The summed E-state index contributed by atoms with van der Waals surface area (Å²) in [5.74, 6) is -5.31. The summed E-state index contributed by atoms with van der Waals surface area (Å²) in [4.78, 5) is 44.5. The van der Waals surface area contributed by atoms with Gasteiger partial charge in [-0.3, -0.25) is 19.3 Å². The monoisotopic (exact) mass is 1000 g/mol. The molecule has 402 valence electrons. The molecule has 71 heavy (non-hydrogen) atoms. The number of aromatic nitrogens is 1. The van der Waals surface area contributed by atoms with Gasteiger partial charge in [0.15, 0.2) is 12.6 Å². The van der Waals surface area contributed by atoms with Gasteiger partial charge >= 0.3 is 5.97 Å². The predicted molar refractivity (Wildman–Crippen MR) is 263 cm³/mol. The molecule has 2 aromatic rings. The van der Waals surface area contributed by atoms with Crippen molar-refractivity contribution in [1.29, 1.82) is 0 Å². The van der Waals surface area contributed by atoms with E-state index in [2.05, 4.69) is 5.32 Å². The van der Waals surface area contributed by atoms with Crippen molar-refractivity contribution in [3.63, 3.8) is 0 Å². The summed E-state index contributed by atoms with van der Waals surface area (Å²) < 4.78 is 46.6. The van der Waals surface area contributed by atoms with Crippen LogP contribution < -0.4 is 5.32 Å². The first-order chi connectivity index (χ1) is 33.2. The molecule has 4 heterocycles. The fourth-order valence-corrected chi connectivity index (χ4v) is 11.1. The first-order valence-electron chi connectivity index (χ1n) is 25.3. The van der Waals surface area contributed by atoms with E-state index in [0.29, 0.717) is 18.7 Å². The number of hydrogen-bond donors (Lipinski definition) is 6. The van der Waals surface area contributed by atoms with E-state index in [1.807, 2.05) is 52.9 Å². The molecule has 3 fully saturated rings. The van der Waals surface area contributed by atoms with Crippen molar-refractivity contribution >= 4 is 17.7 Å². The van der Waals surface area contributed by atoms with Crippen molar-refractivity contribution < 1.29 is 73.1 Å². The lowest BCUT2D eigenvalue weighted by Crippen LogP contribution is -2.62. The topological polar surface area (TPSA) is 237 Å². The molecule has 1 unspecified atom stereocenters. The highest BCUT2D eigenvalue weighted by Crippen LogP contribution is 2.42. The molecule has 0 bridgehead atoms. The number of aliphatic hydroxyl groups is 5. The van der Waals surface area contributed by atoms with Crippen LogP contribution in [0.25, 0.3) is 0 Å². The summed E-state index contributed by atoms with van der Waals surface area (Å²) in [5, 5.41) is 61.0. The predicted octanol–water partition coefficient (Wildman–Crippen LogP) is 3.84. The van der Waals surface area contributed by atoms with Gasteiger partial charge in [-0.25, -0.2) is 0 Å². The van der Waals surface area contributed by atoms with Gasteiger partial charge in [0.1, 0.15) is 35.4 Å². The number of carbonyl (C=O) groups is 3. The van der Waals surface area contributed by atoms with Crippen LogP contribution in [0.2, 0.25) is 0 Å². The third-order valence-corrected chi connectivity index (χ3v) is 15.8. The minimum atomic E-state index is -2.02. The molecule has 3 saturated heterocycles. The molecule has 20 atom stereocenters. The Kier molecular flexibility index (Phi) is 20.0. The second-order valence-electron chi connectivity index (χ2n) is 21.4. The molecule has 6 N–H and O–H groups in total. The van der Waals surface area contributed by atoms with Gasteiger partial charge in [-0.05, 0) is 92.5 Å². The molecule has 0 spiro atoms. The Morgan fingerprint density at radius 1 is 0.901 bits per heavy atom. The lowest BCUT2D eigenvalue weighted by Gasteiger charge is -2.50. The second kappa shape index (κ2) is 24.3. The Labute approximate surface area is 420 Å². The Morgan fingerprint density at radius 2 is 1.55 bits per heavy atom. The molecule has 1 aromatic carbocycles. The van der Waals surface area contributed by atoms with Gasteiger partial charge in [0.2, 0.25) is 0 Å². The van der Waals surface area contributed by atoms with Gasteiger partial charge in [0, 0.05) is 63.7 Å². The number of cyclic esters (lactones) is 1. The van der Waals surface area contributed by atoms with Crippen molar-refractivity contribution in [2.45, 2.75) is 205 Å². The zero-order valence-electron chi connectivity index (χ0n) is 44.4. The Balaban J connectivity index is 1.50. The van der Waals surface area contributed by atoms with E-state index in [0.717, 1.165) is 5.56 Å². The number of rotatable bonds is 15. The molecule has 5 rings (SSSR count). The van der Waals surface area contributed by atoms with E-state index in [-0.39, 0.29) is 37.5 Å². The van der Waals surface area contributed by atoms with Gasteiger partial charge in [0.05, 0.1) is 59.8 Å². The standard InChI is InChI=1S/C53H85N3O15/c1-15-40-53(11,64)45(60)31(4)42(58)29(2)25-52(10,66-14)47(32(5)44(33(6)49(63)69-40)70-41-26-51(9,65-13)46(61)35(8)68-41)71-50-43(59)39(24-30(3)67-50)55(12)28-37(34(7)57)54-48(62)38-22-19-23-56(38)27-36-20-17-16-18-21-36/h16-23,29-35,37,39-41,43-47,50,57,59-61,64H,15,24-28H2,1-14H3,(H,54,62)/t29-,30-,31+,32+,33-,34+,35+,37?,39+,40-,41+,43-,44+,45-,46+,47-,50-,51-,52-,53-/m1/s1. The number of esters is 1. The SMILES string of the molecule is CC[C@H]1OC(=O)[C@H](C)[C@@H](O[C@H]2C[C@@](C)(OC)[C@@H](O)[C@H](C)O2)[C@H](C)[C@@H](O[C@H]2O[C@H](C)C[C@H](N(C)CC(NC(=O)c3cccn3Cc3ccccc3)[C@H](C)O)[C@H]2O)[C@](C)(OC)C[C@@H](C)C(=O)[C@H](C)[C@@H](O)[C@]1(C)O. The third kappa shape index (κ3) is 13.3. The van der Waals surface area contributed by atoms with Crippen LogP contribution in [0.15, 0.2) is 48.7 Å². The van der Waals surface area contributed by atoms with Gasteiger partial charge in [-0.15, -0.1) is 0 Å². The molecule has 0 saturated carbocycles. The normalized spacial score (nSPS) is 39.9. The van der Waals surface area contributed by atoms with Crippen LogP contribution in [0, 0.1) is 23.7 Å². The van der Waals surface area contributed by atoms with Crippen LogP contribution in [0.4, 0.5) is 0 Å². The number of ketones is 1. The maximum atomic E-state index is 14.5. The van der Waals surface area contributed by atoms with Crippen LogP contribution in [0.5, 0.6) is 0 Å². The molecule has 3 aliphatic rings. The third-order valence-electron chi connectivity index (χ3n) is 15.8. The van der Waals surface area contributed by atoms with E-state index < -0.39 is 126 Å². The first kappa shape index (κ1) is 58.5. The highest BCUT2D eigenvalue weighted by Gasteiger charge is 2.54. The molecular weight excluding hydrogens is 919 g/mol. The van der Waals surface area contributed by atoms with Crippen molar-refractivity contribution in [3.05, 3.63) is 59.9 Å². The lowest BCUT2D eigenvalue weighted by molar-refractivity contribution is -0.319. The average molecular weight is 1000 g/mol. The number of amides is 1. The molecule has 1 amide bonds. The molecule has 18 heteroatoms. The number of nitrogens with one attached hydrogen (secondary N) is 1. The summed E-state index contributed by atoms with van der Waals surface area (Å²) >= 11 is 0. The van der Waals surface area contributed by atoms with Crippen LogP contribution in [0.3, 0.4) is 0 Å². The number of aliphatic hydroxyl groups excluding tert-OH is 4. The quantitative estimate of drug-likeness (QED) is 0.139. The molecule has 0 radical (unpaired) electrons. The molecule has 18 nitrogen and oxygen atoms in total. The van der Waals surface area contributed by atoms with E-state index in [4.69, 9.17) is 33.2 Å².